The highest BCUT2D eigenvalue weighted by molar-refractivity contribution is 5.40. The highest BCUT2D eigenvalue weighted by Gasteiger charge is 2.63. The van der Waals surface area contributed by atoms with Crippen LogP contribution in [-0.4, -0.2) is 16.3 Å². The van der Waals surface area contributed by atoms with Crippen molar-refractivity contribution >= 4 is 0 Å². The summed E-state index contributed by atoms with van der Waals surface area (Å²) in [6.45, 7) is 2.40. The van der Waals surface area contributed by atoms with Gasteiger partial charge in [-0.15, -0.1) is 0 Å². The Hall–Kier alpha value is -1.02. The van der Waals surface area contributed by atoms with Gasteiger partial charge in [0.25, 0.3) is 0 Å². The summed E-state index contributed by atoms with van der Waals surface area (Å²) in [5.74, 6) is 2.48. The Balaban J connectivity index is 1.52. The number of phenolic OH excluding ortho intramolecular Hbond substituents is 1. The van der Waals surface area contributed by atoms with Crippen molar-refractivity contribution < 1.29 is 10.2 Å². The average Bonchev–Trinajstić information content (AvgIpc) is 3.13. The Bertz CT molecular complexity index is 660. The quantitative estimate of drug-likeness (QED) is 0.720. The minimum Gasteiger partial charge on any atom is -0.508 e. The second-order valence-corrected chi connectivity index (χ2v) is 9.52. The first kappa shape index (κ1) is 15.3. The largest absolute Gasteiger partial charge is 0.508 e. The van der Waals surface area contributed by atoms with E-state index in [1.807, 2.05) is 12.1 Å². The molecule has 4 aliphatic rings. The van der Waals surface area contributed by atoms with E-state index in [9.17, 15) is 10.2 Å². The topological polar surface area (TPSA) is 40.5 Å². The predicted octanol–water partition coefficient (Wildman–Crippen LogP) is 4.78. The van der Waals surface area contributed by atoms with Crippen molar-refractivity contribution in [3.05, 3.63) is 29.3 Å². The molecule has 5 rings (SSSR count). The fourth-order valence-electron chi connectivity index (χ4n) is 7.45. The number of phenols is 1. The zero-order valence-corrected chi connectivity index (χ0v) is 14.8. The maximum absolute atomic E-state index is 11.3. The standard InChI is InChI=1S/C22H30O2/c1-21-11-8-17-16-7-5-15(23)12-14(16)4-6-18(17)19(21)13-22(20(21)24)9-2-3-10-22/h5,7,12,17-20,23-24H,2-4,6,8-11,13H2,1H3. The van der Waals surface area contributed by atoms with Gasteiger partial charge in [-0.2, -0.15) is 0 Å². The Morgan fingerprint density at radius 2 is 1.88 bits per heavy atom. The molecule has 3 fully saturated rings. The van der Waals surface area contributed by atoms with E-state index in [1.54, 1.807) is 0 Å². The summed E-state index contributed by atoms with van der Waals surface area (Å²) in [4.78, 5) is 0. The molecule has 0 aromatic heterocycles. The smallest absolute Gasteiger partial charge is 0.115 e. The predicted molar refractivity (Wildman–Crippen MR) is 95.0 cm³/mol. The number of rotatable bonds is 0. The molecule has 2 nitrogen and oxygen atoms in total. The van der Waals surface area contributed by atoms with Crippen molar-refractivity contribution in [2.24, 2.45) is 22.7 Å². The van der Waals surface area contributed by atoms with Crippen molar-refractivity contribution in [1.29, 1.82) is 0 Å². The molecule has 0 aliphatic heterocycles. The van der Waals surface area contributed by atoms with Gasteiger partial charge in [0.05, 0.1) is 6.10 Å². The van der Waals surface area contributed by atoms with Gasteiger partial charge < -0.3 is 10.2 Å². The average molecular weight is 326 g/mol. The van der Waals surface area contributed by atoms with Gasteiger partial charge in [-0.05, 0) is 96.8 Å². The lowest BCUT2D eigenvalue weighted by molar-refractivity contribution is -0.0530. The van der Waals surface area contributed by atoms with E-state index in [4.69, 9.17) is 0 Å². The fraction of sp³-hybridized carbons (Fsp3) is 0.727. The number of aliphatic hydroxyl groups is 1. The number of aliphatic hydroxyl groups excluding tert-OH is 1. The molecular formula is C22H30O2. The van der Waals surface area contributed by atoms with E-state index in [2.05, 4.69) is 13.0 Å². The number of benzene rings is 1. The highest BCUT2D eigenvalue weighted by Crippen LogP contribution is 2.68. The highest BCUT2D eigenvalue weighted by atomic mass is 16.3. The van der Waals surface area contributed by atoms with E-state index in [0.717, 1.165) is 12.3 Å². The second-order valence-electron chi connectivity index (χ2n) is 9.52. The van der Waals surface area contributed by atoms with E-state index in [1.165, 1.54) is 62.5 Å². The molecule has 0 bridgehead atoms. The number of fused-ring (bicyclic) bond motifs is 5. The van der Waals surface area contributed by atoms with Crippen molar-refractivity contribution in [3.63, 3.8) is 0 Å². The summed E-state index contributed by atoms with van der Waals surface area (Å²) in [6.07, 6.45) is 11.0. The Kier molecular flexibility index (Phi) is 3.18. The lowest BCUT2D eigenvalue weighted by Gasteiger charge is -2.50. The van der Waals surface area contributed by atoms with Crippen LogP contribution < -0.4 is 0 Å². The molecule has 2 heteroatoms. The summed E-state index contributed by atoms with van der Waals surface area (Å²) in [6, 6.07) is 6.04. The number of hydrogen-bond donors (Lipinski definition) is 2. The van der Waals surface area contributed by atoms with Gasteiger partial charge in [0, 0.05) is 0 Å². The van der Waals surface area contributed by atoms with Crippen LogP contribution in [0.3, 0.4) is 0 Å². The van der Waals surface area contributed by atoms with Gasteiger partial charge in [-0.3, -0.25) is 0 Å². The molecule has 2 N–H and O–H groups in total. The van der Waals surface area contributed by atoms with Gasteiger partial charge in [-0.1, -0.05) is 25.8 Å². The van der Waals surface area contributed by atoms with Crippen LogP contribution in [0.15, 0.2) is 18.2 Å². The molecule has 0 radical (unpaired) electrons. The molecule has 0 saturated heterocycles. The van der Waals surface area contributed by atoms with Crippen LogP contribution in [0.25, 0.3) is 0 Å². The van der Waals surface area contributed by atoms with Crippen molar-refractivity contribution in [2.75, 3.05) is 0 Å². The van der Waals surface area contributed by atoms with Gasteiger partial charge in [-0.25, -0.2) is 0 Å². The molecule has 0 heterocycles. The van der Waals surface area contributed by atoms with Crippen LogP contribution in [0.4, 0.5) is 0 Å². The lowest BCUT2D eigenvalue weighted by atomic mass is 9.55. The first-order valence-corrected chi connectivity index (χ1v) is 10.0. The zero-order chi connectivity index (χ0) is 16.5. The molecule has 4 aliphatic carbocycles. The monoisotopic (exact) mass is 326 g/mol. The molecule has 0 amide bonds. The van der Waals surface area contributed by atoms with Gasteiger partial charge >= 0.3 is 0 Å². The summed E-state index contributed by atoms with van der Waals surface area (Å²) in [7, 11) is 0. The molecular weight excluding hydrogens is 296 g/mol. The van der Waals surface area contributed by atoms with Crippen LogP contribution in [0, 0.1) is 22.7 Å². The van der Waals surface area contributed by atoms with Gasteiger partial charge in [0.1, 0.15) is 5.75 Å². The Labute approximate surface area is 145 Å². The molecule has 3 saturated carbocycles. The van der Waals surface area contributed by atoms with Crippen LogP contribution in [0.1, 0.15) is 75.3 Å². The normalized spacial score (nSPS) is 42.6. The van der Waals surface area contributed by atoms with Crippen LogP contribution >= 0.6 is 0 Å². The number of hydrogen-bond acceptors (Lipinski definition) is 2. The minimum atomic E-state index is -0.0836. The third-order valence-electron chi connectivity index (χ3n) is 8.58. The molecule has 1 aromatic rings. The van der Waals surface area contributed by atoms with E-state index in [0.29, 0.717) is 17.6 Å². The Morgan fingerprint density at radius 3 is 2.67 bits per heavy atom. The van der Waals surface area contributed by atoms with Crippen LogP contribution in [0.2, 0.25) is 0 Å². The lowest BCUT2D eigenvalue weighted by Crippen LogP contribution is -2.45. The minimum absolute atomic E-state index is 0.0836. The fourth-order valence-corrected chi connectivity index (χ4v) is 7.45. The van der Waals surface area contributed by atoms with Crippen molar-refractivity contribution in [1.82, 2.24) is 0 Å². The molecule has 24 heavy (non-hydrogen) atoms. The second kappa shape index (κ2) is 5.00. The summed E-state index contributed by atoms with van der Waals surface area (Å²) < 4.78 is 0. The maximum Gasteiger partial charge on any atom is 0.115 e. The molecule has 130 valence electrons. The van der Waals surface area contributed by atoms with Gasteiger partial charge in [0.2, 0.25) is 0 Å². The molecule has 1 spiro atoms. The number of aromatic hydroxyl groups is 1. The van der Waals surface area contributed by atoms with Crippen molar-refractivity contribution in [2.45, 2.75) is 76.7 Å². The van der Waals surface area contributed by atoms with Crippen LogP contribution in [0.5, 0.6) is 5.75 Å². The third-order valence-corrected chi connectivity index (χ3v) is 8.58. The van der Waals surface area contributed by atoms with E-state index in [-0.39, 0.29) is 16.9 Å². The third kappa shape index (κ3) is 1.87. The SMILES string of the molecule is CC12CCC3c4ccc(O)cc4CCC3C1CC1(CCCC1)C2O. The molecule has 5 atom stereocenters. The maximum atomic E-state index is 11.3. The van der Waals surface area contributed by atoms with E-state index >= 15 is 0 Å². The molecule has 5 unspecified atom stereocenters. The number of aryl methyl sites for hydroxylation is 1. The summed E-state index contributed by atoms with van der Waals surface area (Å²) in [5, 5.41) is 21.1. The first-order chi connectivity index (χ1) is 11.5. The summed E-state index contributed by atoms with van der Waals surface area (Å²) >= 11 is 0. The Morgan fingerprint density at radius 1 is 1.08 bits per heavy atom. The molecule has 1 aromatic carbocycles. The van der Waals surface area contributed by atoms with Crippen LogP contribution in [-0.2, 0) is 6.42 Å². The summed E-state index contributed by atoms with van der Waals surface area (Å²) in [5.41, 5.74) is 3.24. The van der Waals surface area contributed by atoms with Crippen molar-refractivity contribution in [3.8, 4) is 5.75 Å². The van der Waals surface area contributed by atoms with E-state index < -0.39 is 0 Å². The van der Waals surface area contributed by atoms with Gasteiger partial charge in [0.15, 0.2) is 0 Å². The first-order valence-electron chi connectivity index (χ1n) is 10.0. The zero-order valence-electron chi connectivity index (χ0n) is 14.8.